The van der Waals surface area contributed by atoms with Crippen LogP contribution in [0.2, 0.25) is 5.02 Å². The third-order valence-electron chi connectivity index (χ3n) is 3.22. The molecule has 0 aliphatic rings. The number of anilines is 1. The van der Waals surface area contributed by atoms with E-state index in [0.29, 0.717) is 23.0 Å². The minimum atomic E-state index is -0.130. The number of carbonyl (C=O) groups excluding carboxylic acids is 1. The summed E-state index contributed by atoms with van der Waals surface area (Å²) in [6.45, 7) is 0.561. The van der Waals surface area contributed by atoms with E-state index >= 15 is 0 Å². The summed E-state index contributed by atoms with van der Waals surface area (Å²) < 4.78 is 10.4. The van der Waals surface area contributed by atoms with E-state index in [9.17, 15) is 4.79 Å². The minimum Gasteiger partial charge on any atom is -0.497 e. The van der Waals surface area contributed by atoms with Gasteiger partial charge in [-0.15, -0.1) is 0 Å². The molecule has 122 valence electrons. The summed E-state index contributed by atoms with van der Waals surface area (Å²) in [5.41, 5.74) is 1.65. The topological polar surface area (TPSA) is 59.6 Å². The van der Waals surface area contributed by atoms with Gasteiger partial charge in [0.2, 0.25) is 5.91 Å². The molecule has 0 aromatic heterocycles. The number of rotatable bonds is 7. The van der Waals surface area contributed by atoms with Crippen LogP contribution in [0.5, 0.6) is 11.5 Å². The highest BCUT2D eigenvalue weighted by Crippen LogP contribution is 2.27. The van der Waals surface area contributed by atoms with Gasteiger partial charge >= 0.3 is 0 Å². The molecule has 0 heterocycles. The molecule has 0 saturated heterocycles. The number of hydrogen-bond donors (Lipinski definition) is 2. The Bertz CT molecular complexity index is 677. The normalized spacial score (nSPS) is 10.0. The van der Waals surface area contributed by atoms with E-state index < -0.39 is 0 Å². The first-order chi connectivity index (χ1) is 11.1. The standard InChI is InChI=1S/C17H19ClN2O3/c1-22-14-5-3-4-12(8-14)10-20-17(21)11-19-15-9-13(18)6-7-16(15)23-2/h3-9,19H,10-11H2,1-2H3,(H,20,21). The van der Waals surface area contributed by atoms with Crippen LogP contribution in [-0.2, 0) is 11.3 Å². The molecule has 0 bridgehead atoms. The number of benzene rings is 2. The average molecular weight is 335 g/mol. The molecule has 0 unspecified atom stereocenters. The molecule has 0 saturated carbocycles. The predicted molar refractivity (Wildman–Crippen MR) is 91.3 cm³/mol. The largest absolute Gasteiger partial charge is 0.497 e. The Morgan fingerprint density at radius 3 is 2.70 bits per heavy atom. The zero-order chi connectivity index (χ0) is 16.7. The Morgan fingerprint density at radius 2 is 1.96 bits per heavy atom. The molecule has 2 rings (SSSR count). The van der Waals surface area contributed by atoms with Gasteiger partial charge in [0, 0.05) is 11.6 Å². The van der Waals surface area contributed by atoms with Crippen LogP contribution in [0.1, 0.15) is 5.56 Å². The van der Waals surface area contributed by atoms with Crippen molar-refractivity contribution in [2.24, 2.45) is 0 Å². The van der Waals surface area contributed by atoms with E-state index in [0.717, 1.165) is 11.3 Å². The fourth-order valence-electron chi connectivity index (χ4n) is 2.04. The van der Waals surface area contributed by atoms with Crippen molar-refractivity contribution < 1.29 is 14.3 Å². The van der Waals surface area contributed by atoms with Gasteiger partial charge in [-0.25, -0.2) is 0 Å². The fourth-order valence-corrected chi connectivity index (χ4v) is 2.21. The first-order valence-corrected chi connectivity index (χ1v) is 7.47. The van der Waals surface area contributed by atoms with Crippen LogP contribution in [0, 0.1) is 0 Å². The Kier molecular flexibility index (Phi) is 6.11. The fraction of sp³-hybridized carbons (Fsp3) is 0.235. The number of ether oxygens (including phenoxy) is 2. The van der Waals surface area contributed by atoms with Gasteiger partial charge in [0.25, 0.3) is 0 Å². The maximum absolute atomic E-state index is 12.0. The molecule has 2 aromatic carbocycles. The van der Waals surface area contributed by atoms with Gasteiger partial charge in [-0.2, -0.15) is 0 Å². The van der Waals surface area contributed by atoms with Gasteiger partial charge in [0.15, 0.2) is 0 Å². The minimum absolute atomic E-state index is 0.126. The molecule has 5 nitrogen and oxygen atoms in total. The molecule has 0 radical (unpaired) electrons. The second kappa shape index (κ2) is 8.29. The van der Waals surface area contributed by atoms with Crippen molar-refractivity contribution in [2.75, 3.05) is 26.1 Å². The molecular weight excluding hydrogens is 316 g/mol. The number of hydrogen-bond acceptors (Lipinski definition) is 4. The molecule has 0 atom stereocenters. The van der Waals surface area contributed by atoms with Crippen LogP contribution < -0.4 is 20.1 Å². The van der Waals surface area contributed by atoms with E-state index in [1.54, 1.807) is 32.4 Å². The maximum Gasteiger partial charge on any atom is 0.239 e. The van der Waals surface area contributed by atoms with Crippen LogP contribution in [0.3, 0.4) is 0 Å². The molecular formula is C17H19ClN2O3. The molecule has 0 aliphatic heterocycles. The van der Waals surface area contributed by atoms with E-state index in [-0.39, 0.29) is 12.5 Å². The van der Waals surface area contributed by atoms with Crippen molar-refractivity contribution in [3.05, 3.63) is 53.1 Å². The van der Waals surface area contributed by atoms with Gasteiger partial charge < -0.3 is 20.1 Å². The Morgan fingerprint density at radius 1 is 1.13 bits per heavy atom. The summed E-state index contributed by atoms with van der Waals surface area (Å²) in [6, 6.07) is 12.8. The lowest BCUT2D eigenvalue weighted by molar-refractivity contribution is -0.119. The lowest BCUT2D eigenvalue weighted by Gasteiger charge is -2.12. The zero-order valence-corrected chi connectivity index (χ0v) is 13.8. The van der Waals surface area contributed by atoms with Crippen molar-refractivity contribution in [3.63, 3.8) is 0 Å². The number of methoxy groups -OCH3 is 2. The summed E-state index contributed by atoms with van der Waals surface area (Å²) in [5.74, 6) is 1.27. The zero-order valence-electron chi connectivity index (χ0n) is 13.1. The third kappa shape index (κ3) is 5.07. The molecule has 0 spiro atoms. The molecule has 2 aromatic rings. The van der Waals surface area contributed by atoms with E-state index in [4.69, 9.17) is 21.1 Å². The van der Waals surface area contributed by atoms with Crippen molar-refractivity contribution >= 4 is 23.2 Å². The molecule has 0 fully saturated rings. The molecule has 2 N–H and O–H groups in total. The Hall–Kier alpha value is -2.40. The molecule has 0 aliphatic carbocycles. The number of amides is 1. The number of carbonyl (C=O) groups is 1. The first kappa shape index (κ1) is 17.0. The van der Waals surface area contributed by atoms with Crippen LogP contribution >= 0.6 is 11.6 Å². The van der Waals surface area contributed by atoms with Gasteiger partial charge in [-0.1, -0.05) is 23.7 Å². The van der Waals surface area contributed by atoms with Crippen molar-refractivity contribution in [1.82, 2.24) is 5.32 Å². The second-order valence-corrected chi connectivity index (χ2v) is 5.26. The van der Waals surface area contributed by atoms with E-state index in [2.05, 4.69) is 10.6 Å². The first-order valence-electron chi connectivity index (χ1n) is 7.09. The average Bonchev–Trinajstić information content (AvgIpc) is 2.58. The molecule has 23 heavy (non-hydrogen) atoms. The van der Waals surface area contributed by atoms with Crippen molar-refractivity contribution in [3.8, 4) is 11.5 Å². The molecule has 1 amide bonds. The van der Waals surface area contributed by atoms with Gasteiger partial charge in [0.05, 0.1) is 26.5 Å². The third-order valence-corrected chi connectivity index (χ3v) is 3.46. The monoisotopic (exact) mass is 334 g/mol. The van der Waals surface area contributed by atoms with Crippen molar-refractivity contribution in [1.29, 1.82) is 0 Å². The Balaban J connectivity index is 1.86. The second-order valence-electron chi connectivity index (χ2n) is 4.83. The maximum atomic E-state index is 12.0. The van der Waals surface area contributed by atoms with Crippen LogP contribution in [-0.4, -0.2) is 26.7 Å². The van der Waals surface area contributed by atoms with Crippen LogP contribution in [0.15, 0.2) is 42.5 Å². The number of halogens is 1. The van der Waals surface area contributed by atoms with Crippen LogP contribution in [0.4, 0.5) is 5.69 Å². The summed E-state index contributed by atoms with van der Waals surface area (Å²) in [7, 11) is 3.18. The Labute approximate surface area is 140 Å². The van der Waals surface area contributed by atoms with Crippen LogP contribution in [0.25, 0.3) is 0 Å². The van der Waals surface area contributed by atoms with Gasteiger partial charge in [-0.3, -0.25) is 4.79 Å². The summed E-state index contributed by atoms with van der Waals surface area (Å²) in [6.07, 6.45) is 0. The highest BCUT2D eigenvalue weighted by Gasteiger charge is 2.06. The highest BCUT2D eigenvalue weighted by atomic mass is 35.5. The van der Waals surface area contributed by atoms with E-state index in [1.807, 2.05) is 24.3 Å². The van der Waals surface area contributed by atoms with Gasteiger partial charge in [-0.05, 0) is 35.9 Å². The number of nitrogens with one attached hydrogen (secondary N) is 2. The summed E-state index contributed by atoms with van der Waals surface area (Å²) in [4.78, 5) is 12.0. The lowest BCUT2D eigenvalue weighted by atomic mass is 10.2. The van der Waals surface area contributed by atoms with Gasteiger partial charge in [0.1, 0.15) is 11.5 Å². The quantitative estimate of drug-likeness (QED) is 0.817. The predicted octanol–water partition coefficient (Wildman–Crippen LogP) is 3.09. The SMILES string of the molecule is COc1cccc(CNC(=O)CNc2cc(Cl)ccc2OC)c1. The highest BCUT2D eigenvalue weighted by molar-refractivity contribution is 6.30. The summed E-state index contributed by atoms with van der Waals surface area (Å²) >= 11 is 5.95. The van der Waals surface area contributed by atoms with Crippen molar-refractivity contribution in [2.45, 2.75) is 6.54 Å². The molecule has 6 heteroatoms. The summed E-state index contributed by atoms with van der Waals surface area (Å²) in [5, 5.41) is 6.43. The smallest absolute Gasteiger partial charge is 0.239 e. The van der Waals surface area contributed by atoms with E-state index in [1.165, 1.54) is 0 Å². The lowest BCUT2D eigenvalue weighted by Crippen LogP contribution is -2.29.